The first-order chi connectivity index (χ1) is 5.33. The van der Waals surface area contributed by atoms with Crippen LogP contribution in [0.1, 0.15) is 6.42 Å². The average Bonchev–Trinajstić information content (AvgIpc) is 2.40. The Morgan fingerprint density at radius 3 is 3.18 bits per heavy atom. The molecule has 0 bridgehead atoms. The zero-order chi connectivity index (χ0) is 8.10. The average molecular weight is 175 g/mol. The molecule has 6 heteroatoms. The summed E-state index contributed by atoms with van der Waals surface area (Å²) in [5.41, 5.74) is 0. The minimum atomic E-state index is -0.158. The van der Waals surface area contributed by atoms with Gasteiger partial charge in [-0.3, -0.25) is 4.79 Å². The molecule has 5 nitrogen and oxygen atoms in total. The van der Waals surface area contributed by atoms with Crippen molar-refractivity contribution in [2.45, 2.75) is 6.42 Å². The largest absolute Gasteiger partial charge is 0.308 e. The van der Waals surface area contributed by atoms with Crippen molar-refractivity contribution in [2.24, 2.45) is 0 Å². The molecule has 0 aliphatic carbocycles. The first kappa shape index (κ1) is 8.00. The molecule has 0 atom stereocenters. The monoisotopic (exact) mass is 174 g/mol. The number of hydrogen-bond donors (Lipinski definition) is 2. The molecule has 0 aliphatic rings. The Morgan fingerprint density at radius 1 is 1.82 bits per heavy atom. The lowest BCUT2D eigenvalue weighted by Gasteiger charge is -1.95. The van der Waals surface area contributed by atoms with Crippen molar-refractivity contribution < 1.29 is 4.79 Å². The predicted molar refractivity (Wildman–Crippen MR) is 40.3 cm³/mol. The van der Waals surface area contributed by atoms with Crippen LogP contribution in [0.15, 0.2) is 6.20 Å². The van der Waals surface area contributed by atoms with E-state index in [9.17, 15) is 4.79 Å². The second-order valence-corrected chi connectivity index (χ2v) is 2.22. The van der Waals surface area contributed by atoms with Crippen LogP contribution in [0.5, 0.6) is 0 Å². The fourth-order valence-corrected chi connectivity index (χ4v) is 0.725. The second-order valence-electron chi connectivity index (χ2n) is 1.84. The van der Waals surface area contributed by atoms with Crippen LogP contribution >= 0.6 is 11.6 Å². The third-order valence-corrected chi connectivity index (χ3v) is 1.19. The number of H-pyrrole nitrogens is 1. The van der Waals surface area contributed by atoms with Crippen molar-refractivity contribution in [3.63, 3.8) is 0 Å². The molecule has 0 saturated heterocycles. The summed E-state index contributed by atoms with van der Waals surface area (Å²) in [6.07, 6.45) is 1.71. The van der Waals surface area contributed by atoms with Crippen molar-refractivity contribution >= 4 is 23.3 Å². The van der Waals surface area contributed by atoms with E-state index in [-0.39, 0.29) is 12.3 Å². The molecule has 1 rings (SSSR count). The molecule has 0 aliphatic heterocycles. The third kappa shape index (κ3) is 2.55. The zero-order valence-electron chi connectivity index (χ0n) is 5.67. The van der Waals surface area contributed by atoms with Crippen LogP contribution in [0, 0.1) is 0 Å². The van der Waals surface area contributed by atoms with Crippen LogP contribution < -0.4 is 5.32 Å². The molecule has 0 spiro atoms. The maximum absolute atomic E-state index is 10.8. The van der Waals surface area contributed by atoms with Gasteiger partial charge < -0.3 is 5.32 Å². The Kier molecular flexibility index (Phi) is 2.85. The van der Waals surface area contributed by atoms with Gasteiger partial charge in [-0.25, -0.2) is 0 Å². The van der Waals surface area contributed by atoms with E-state index in [1.54, 1.807) is 0 Å². The van der Waals surface area contributed by atoms with Crippen LogP contribution in [-0.2, 0) is 4.79 Å². The number of rotatable bonds is 3. The number of halogens is 1. The number of alkyl halides is 1. The summed E-state index contributed by atoms with van der Waals surface area (Å²) in [7, 11) is 0. The maximum Gasteiger partial charge on any atom is 0.226 e. The Labute approximate surface area is 68.1 Å². The first-order valence-corrected chi connectivity index (χ1v) is 3.58. The summed E-state index contributed by atoms with van der Waals surface area (Å²) in [5.74, 6) is 0.568. The van der Waals surface area contributed by atoms with E-state index in [0.717, 1.165) is 0 Å². The van der Waals surface area contributed by atoms with Crippen LogP contribution in [0.3, 0.4) is 0 Å². The number of hydrogen-bond acceptors (Lipinski definition) is 3. The highest BCUT2D eigenvalue weighted by Crippen LogP contribution is 1.97. The fraction of sp³-hybridized carbons (Fsp3) is 0.400. The molecule has 1 heterocycles. The van der Waals surface area contributed by atoms with E-state index in [0.29, 0.717) is 11.7 Å². The predicted octanol–water partition coefficient (Wildman–Crippen LogP) is 0.372. The van der Waals surface area contributed by atoms with Gasteiger partial charge in [0.15, 0.2) is 5.82 Å². The molecular formula is C5H7ClN4O. The van der Waals surface area contributed by atoms with Crippen LogP contribution in [-0.4, -0.2) is 27.2 Å². The SMILES string of the molecule is O=C(CCCl)Nc1cn[nH]n1. The van der Waals surface area contributed by atoms with Crippen molar-refractivity contribution in [3.05, 3.63) is 6.20 Å². The zero-order valence-corrected chi connectivity index (χ0v) is 6.43. The first-order valence-electron chi connectivity index (χ1n) is 3.04. The fourth-order valence-electron chi connectivity index (χ4n) is 0.553. The van der Waals surface area contributed by atoms with Crippen LogP contribution in [0.25, 0.3) is 0 Å². The van der Waals surface area contributed by atoms with Gasteiger partial charge in [0.05, 0.1) is 6.20 Å². The minimum Gasteiger partial charge on any atom is -0.308 e. The molecule has 2 N–H and O–H groups in total. The van der Waals surface area contributed by atoms with Crippen molar-refractivity contribution in [1.82, 2.24) is 15.4 Å². The number of aromatic amines is 1. The third-order valence-electron chi connectivity index (χ3n) is 1.00. The second kappa shape index (κ2) is 3.92. The summed E-state index contributed by atoms with van der Waals surface area (Å²) in [5, 5.41) is 12.0. The van der Waals surface area contributed by atoms with E-state index in [4.69, 9.17) is 11.6 Å². The standard InChI is InChI=1S/C5H7ClN4O/c6-2-1-5(11)8-4-3-7-10-9-4/h3H,1-2H2,(H2,7,8,9,10,11). The minimum absolute atomic E-state index is 0.158. The van der Waals surface area contributed by atoms with Gasteiger partial charge in [0.1, 0.15) is 0 Å². The Hall–Kier alpha value is -1.10. The van der Waals surface area contributed by atoms with Gasteiger partial charge in [0.25, 0.3) is 0 Å². The molecule has 0 radical (unpaired) electrons. The molecule has 0 unspecified atom stereocenters. The van der Waals surface area contributed by atoms with Gasteiger partial charge in [-0.15, -0.1) is 16.7 Å². The molecule has 11 heavy (non-hydrogen) atoms. The van der Waals surface area contributed by atoms with Gasteiger partial charge in [0, 0.05) is 12.3 Å². The molecule has 1 amide bonds. The summed E-state index contributed by atoms with van der Waals surface area (Å²) in [4.78, 5) is 10.8. The van der Waals surface area contributed by atoms with Gasteiger partial charge >= 0.3 is 0 Å². The highest BCUT2D eigenvalue weighted by atomic mass is 35.5. The Balaban J connectivity index is 2.37. The molecule has 0 aromatic carbocycles. The van der Waals surface area contributed by atoms with Gasteiger partial charge in [-0.2, -0.15) is 10.3 Å². The van der Waals surface area contributed by atoms with Gasteiger partial charge in [-0.05, 0) is 0 Å². The lowest BCUT2D eigenvalue weighted by molar-refractivity contribution is -0.115. The van der Waals surface area contributed by atoms with E-state index >= 15 is 0 Å². The maximum atomic E-state index is 10.8. The van der Waals surface area contributed by atoms with Gasteiger partial charge in [0.2, 0.25) is 5.91 Å². The number of nitrogens with zero attached hydrogens (tertiary/aromatic N) is 2. The van der Waals surface area contributed by atoms with Crippen LogP contribution in [0.2, 0.25) is 0 Å². The lowest BCUT2D eigenvalue weighted by atomic mass is 10.4. The number of anilines is 1. The molecule has 0 saturated carbocycles. The number of aromatic nitrogens is 3. The Bertz CT molecular complexity index is 222. The molecular weight excluding hydrogens is 168 g/mol. The number of carbonyl (C=O) groups is 1. The Morgan fingerprint density at radius 2 is 2.64 bits per heavy atom. The molecule has 60 valence electrons. The number of nitrogens with one attached hydrogen (secondary N) is 2. The highest BCUT2D eigenvalue weighted by Gasteiger charge is 2.01. The van der Waals surface area contributed by atoms with E-state index in [2.05, 4.69) is 20.7 Å². The topological polar surface area (TPSA) is 70.7 Å². The van der Waals surface area contributed by atoms with E-state index < -0.39 is 0 Å². The summed E-state index contributed by atoms with van der Waals surface area (Å²) in [6, 6.07) is 0. The van der Waals surface area contributed by atoms with E-state index in [1.165, 1.54) is 6.20 Å². The van der Waals surface area contributed by atoms with Crippen LogP contribution in [0.4, 0.5) is 5.82 Å². The van der Waals surface area contributed by atoms with Crippen molar-refractivity contribution in [2.75, 3.05) is 11.2 Å². The van der Waals surface area contributed by atoms with Crippen molar-refractivity contribution in [3.8, 4) is 0 Å². The van der Waals surface area contributed by atoms with Crippen molar-refractivity contribution in [1.29, 1.82) is 0 Å². The molecule has 1 aromatic heterocycles. The summed E-state index contributed by atoms with van der Waals surface area (Å²) >= 11 is 5.33. The molecule has 0 fully saturated rings. The number of carbonyl (C=O) groups excluding carboxylic acids is 1. The van der Waals surface area contributed by atoms with E-state index in [1.807, 2.05) is 0 Å². The summed E-state index contributed by atoms with van der Waals surface area (Å²) in [6.45, 7) is 0. The number of amides is 1. The molecule has 1 aromatic rings. The summed E-state index contributed by atoms with van der Waals surface area (Å²) < 4.78 is 0. The normalized spacial score (nSPS) is 9.55. The smallest absolute Gasteiger partial charge is 0.226 e. The lowest BCUT2D eigenvalue weighted by Crippen LogP contribution is -2.11. The highest BCUT2D eigenvalue weighted by molar-refractivity contribution is 6.19. The quantitative estimate of drug-likeness (QED) is 0.651. The van der Waals surface area contributed by atoms with Gasteiger partial charge in [-0.1, -0.05) is 0 Å².